The van der Waals surface area contributed by atoms with E-state index < -0.39 is 0 Å². The SMILES string of the molecule is CC(=O)c1ccccc1NC(=O)CN1CCC[C@@H]1CO. The van der Waals surface area contributed by atoms with Gasteiger partial charge in [0.05, 0.1) is 18.8 Å². The van der Waals surface area contributed by atoms with E-state index in [2.05, 4.69) is 5.32 Å². The second kappa shape index (κ2) is 6.63. The monoisotopic (exact) mass is 276 g/mol. The summed E-state index contributed by atoms with van der Waals surface area (Å²) in [5.74, 6) is -0.227. The van der Waals surface area contributed by atoms with Gasteiger partial charge in [-0.25, -0.2) is 0 Å². The number of carbonyl (C=O) groups excluding carboxylic acids is 2. The number of amides is 1. The third-order valence-electron chi connectivity index (χ3n) is 3.64. The fourth-order valence-electron chi connectivity index (χ4n) is 2.58. The molecular weight excluding hydrogens is 256 g/mol. The highest BCUT2D eigenvalue weighted by atomic mass is 16.3. The predicted molar refractivity (Wildman–Crippen MR) is 76.8 cm³/mol. The Balaban J connectivity index is 2.00. The molecule has 0 bridgehead atoms. The second-order valence-corrected chi connectivity index (χ2v) is 5.10. The maximum atomic E-state index is 12.1. The number of para-hydroxylation sites is 1. The molecular formula is C15H20N2O3. The third-order valence-corrected chi connectivity index (χ3v) is 3.64. The first-order valence-electron chi connectivity index (χ1n) is 6.86. The van der Waals surface area contributed by atoms with Crippen LogP contribution in [0.1, 0.15) is 30.1 Å². The lowest BCUT2D eigenvalue weighted by molar-refractivity contribution is -0.117. The molecule has 0 aromatic heterocycles. The van der Waals surface area contributed by atoms with Crippen LogP contribution in [-0.4, -0.2) is 47.4 Å². The Hall–Kier alpha value is -1.72. The van der Waals surface area contributed by atoms with Gasteiger partial charge in [0, 0.05) is 11.6 Å². The minimum absolute atomic E-state index is 0.0730. The van der Waals surface area contributed by atoms with E-state index in [1.807, 2.05) is 4.90 Å². The molecule has 0 radical (unpaired) electrons. The first-order chi connectivity index (χ1) is 9.61. The van der Waals surface area contributed by atoms with Crippen molar-refractivity contribution >= 4 is 17.4 Å². The molecule has 1 aromatic carbocycles. The number of hydrogen-bond donors (Lipinski definition) is 2. The van der Waals surface area contributed by atoms with Crippen LogP contribution in [0, 0.1) is 0 Å². The summed E-state index contributed by atoms with van der Waals surface area (Å²) in [5.41, 5.74) is 1.06. The van der Waals surface area contributed by atoms with Gasteiger partial charge in [0.25, 0.3) is 0 Å². The van der Waals surface area contributed by atoms with Gasteiger partial charge in [-0.05, 0) is 38.4 Å². The smallest absolute Gasteiger partial charge is 0.238 e. The Morgan fingerprint density at radius 3 is 2.85 bits per heavy atom. The topological polar surface area (TPSA) is 69.6 Å². The zero-order valence-corrected chi connectivity index (χ0v) is 11.6. The van der Waals surface area contributed by atoms with Crippen molar-refractivity contribution in [3.8, 4) is 0 Å². The number of carbonyl (C=O) groups is 2. The van der Waals surface area contributed by atoms with Gasteiger partial charge in [0.2, 0.25) is 5.91 Å². The summed E-state index contributed by atoms with van der Waals surface area (Å²) in [6.45, 7) is 2.63. The molecule has 0 aliphatic carbocycles. The van der Waals surface area contributed by atoms with Crippen molar-refractivity contribution in [3.63, 3.8) is 0 Å². The Kier molecular flexibility index (Phi) is 4.87. The van der Waals surface area contributed by atoms with Gasteiger partial charge < -0.3 is 10.4 Å². The van der Waals surface area contributed by atoms with Crippen LogP contribution in [0.4, 0.5) is 5.69 Å². The number of aliphatic hydroxyl groups is 1. The van der Waals surface area contributed by atoms with Gasteiger partial charge in [0.1, 0.15) is 0 Å². The lowest BCUT2D eigenvalue weighted by Crippen LogP contribution is -2.38. The van der Waals surface area contributed by atoms with Gasteiger partial charge in [-0.1, -0.05) is 12.1 Å². The molecule has 1 aliphatic rings. The highest BCUT2D eigenvalue weighted by molar-refractivity contribution is 6.04. The summed E-state index contributed by atoms with van der Waals surface area (Å²) in [7, 11) is 0. The number of aliphatic hydroxyl groups excluding tert-OH is 1. The lowest BCUT2D eigenvalue weighted by atomic mass is 10.1. The molecule has 1 aliphatic heterocycles. The Labute approximate surface area is 118 Å². The van der Waals surface area contributed by atoms with Gasteiger partial charge in [-0.15, -0.1) is 0 Å². The van der Waals surface area contributed by atoms with E-state index in [4.69, 9.17) is 0 Å². The maximum Gasteiger partial charge on any atom is 0.238 e. The van der Waals surface area contributed by atoms with Crippen LogP contribution in [0.3, 0.4) is 0 Å². The van der Waals surface area contributed by atoms with Crippen LogP contribution in [0.5, 0.6) is 0 Å². The standard InChI is InChI=1S/C15H20N2O3/c1-11(19)13-6-2-3-7-14(13)16-15(20)9-17-8-4-5-12(17)10-18/h2-3,6-7,12,18H,4-5,8-10H2,1H3,(H,16,20)/t12-/m1/s1. The number of hydrogen-bond acceptors (Lipinski definition) is 4. The minimum atomic E-state index is -0.154. The van der Waals surface area contributed by atoms with E-state index >= 15 is 0 Å². The first kappa shape index (κ1) is 14.7. The van der Waals surface area contributed by atoms with Gasteiger partial charge in [-0.3, -0.25) is 14.5 Å². The van der Waals surface area contributed by atoms with Crippen molar-refractivity contribution in [2.45, 2.75) is 25.8 Å². The van der Waals surface area contributed by atoms with Crippen molar-refractivity contribution in [1.29, 1.82) is 0 Å². The van der Waals surface area contributed by atoms with E-state index in [9.17, 15) is 14.7 Å². The lowest BCUT2D eigenvalue weighted by Gasteiger charge is -2.22. The first-order valence-corrected chi connectivity index (χ1v) is 6.86. The molecule has 1 atom stereocenters. The van der Waals surface area contributed by atoms with E-state index in [-0.39, 0.29) is 30.9 Å². The largest absolute Gasteiger partial charge is 0.395 e. The van der Waals surface area contributed by atoms with Crippen molar-refractivity contribution in [3.05, 3.63) is 29.8 Å². The molecule has 0 unspecified atom stereocenters. The van der Waals surface area contributed by atoms with Gasteiger partial charge in [0.15, 0.2) is 5.78 Å². The van der Waals surface area contributed by atoms with Crippen molar-refractivity contribution in [2.75, 3.05) is 25.0 Å². The third kappa shape index (κ3) is 3.43. The molecule has 20 heavy (non-hydrogen) atoms. The summed E-state index contributed by atoms with van der Waals surface area (Å²) >= 11 is 0. The van der Waals surface area contributed by atoms with Crippen molar-refractivity contribution in [1.82, 2.24) is 4.90 Å². The molecule has 5 nitrogen and oxygen atoms in total. The summed E-state index contributed by atoms with van der Waals surface area (Å²) in [5, 5.41) is 12.0. The molecule has 0 saturated carbocycles. The Bertz CT molecular complexity index is 502. The molecule has 1 fully saturated rings. The van der Waals surface area contributed by atoms with Crippen LogP contribution in [0.2, 0.25) is 0 Å². The Morgan fingerprint density at radius 1 is 1.40 bits per heavy atom. The van der Waals surface area contributed by atoms with Gasteiger partial charge in [-0.2, -0.15) is 0 Å². The number of nitrogens with one attached hydrogen (secondary N) is 1. The number of ketones is 1. The molecule has 1 heterocycles. The molecule has 1 aromatic rings. The normalized spacial score (nSPS) is 19.0. The van der Waals surface area contributed by atoms with Crippen LogP contribution in [0.15, 0.2) is 24.3 Å². The summed E-state index contributed by atoms with van der Waals surface area (Å²) in [6, 6.07) is 7.05. The Morgan fingerprint density at radius 2 is 2.15 bits per heavy atom. The highest BCUT2D eigenvalue weighted by Crippen LogP contribution is 2.18. The summed E-state index contributed by atoms with van der Waals surface area (Å²) < 4.78 is 0. The zero-order valence-electron chi connectivity index (χ0n) is 11.6. The molecule has 1 amide bonds. The van der Waals surface area contributed by atoms with E-state index in [1.165, 1.54) is 6.92 Å². The second-order valence-electron chi connectivity index (χ2n) is 5.10. The number of Topliss-reactive ketones (excluding diaryl/α,β-unsaturated/α-hetero) is 1. The van der Waals surface area contributed by atoms with E-state index in [1.54, 1.807) is 24.3 Å². The average Bonchev–Trinajstić information content (AvgIpc) is 2.86. The molecule has 2 N–H and O–H groups in total. The molecule has 2 rings (SSSR count). The van der Waals surface area contributed by atoms with Crippen molar-refractivity contribution in [2.24, 2.45) is 0 Å². The summed E-state index contributed by atoms with van der Waals surface area (Å²) in [4.78, 5) is 25.5. The summed E-state index contributed by atoms with van der Waals surface area (Å²) in [6.07, 6.45) is 1.93. The number of rotatable bonds is 5. The highest BCUT2D eigenvalue weighted by Gasteiger charge is 2.25. The van der Waals surface area contributed by atoms with E-state index in [0.29, 0.717) is 11.3 Å². The zero-order chi connectivity index (χ0) is 14.5. The predicted octanol–water partition coefficient (Wildman–Crippen LogP) is 1.28. The number of nitrogens with zero attached hydrogens (tertiary/aromatic N) is 1. The number of likely N-dealkylation sites (tertiary alicyclic amines) is 1. The molecule has 108 valence electrons. The average molecular weight is 276 g/mol. The van der Waals surface area contributed by atoms with Gasteiger partial charge >= 0.3 is 0 Å². The fraction of sp³-hybridized carbons (Fsp3) is 0.467. The quantitative estimate of drug-likeness (QED) is 0.795. The van der Waals surface area contributed by atoms with Crippen LogP contribution in [-0.2, 0) is 4.79 Å². The molecule has 1 saturated heterocycles. The number of anilines is 1. The van der Waals surface area contributed by atoms with Crippen LogP contribution in [0.25, 0.3) is 0 Å². The van der Waals surface area contributed by atoms with Crippen LogP contribution < -0.4 is 5.32 Å². The van der Waals surface area contributed by atoms with E-state index in [0.717, 1.165) is 19.4 Å². The fourth-order valence-corrected chi connectivity index (χ4v) is 2.58. The molecule has 5 heteroatoms. The van der Waals surface area contributed by atoms with Crippen LogP contribution >= 0.6 is 0 Å². The van der Waals surface area contributed by atoms with Crippen molar-refractivity contribution < 1.29 is 14.7 Å². The number of benzene rings is 1. The maximum absolute atomic E-state index is 12.1. The minimum Gasteiger partial charge on any atom is -0.395 e. The molecule has 0 spiro atoms.